The van der Waals surface area contributed by atoms with E-state index in [9.17, 15) is 13.2 Å². The largest absolute Gasteiger partial charge is 0.492 e. The normalized spacial score (nSPS) is 18.9. The van der Waals surface area contributed by atoms with Crippen LogP contribution in [-0.2, 0) is 38.9 Å². The fourth-order valence-corrected chi connectivity index (χ4v) is 6.27. The summed E-state index contributed by atoms with van der Waals surface area (Å²) in [6.07, 6.45) is 8.14. The van der Waals surface area contributed by atoms with Gasteiger partial charge < -0.3 is 19.1 Å². The number of fused-ring (bicyclic) bond motifs is 2. The van der Waals surface area contributed by atoms with Gasteiger partial charge in [0.1, 0.15) is 11.5 Å². The van der Waals surface area contributed by atoms with Gasteiger partial charge in [-0.2, -0.15) is 0 Å². The number of hydrogen-bond acceptors (Lipinski definition) is 8. The topological polar surface area (TPSA) is 121 Å². The van der Waals surface area contributed by atoms with Crippen LogP contribution < -0.4 is 19.5 Å². The number of methoxy groups -OCH3 is 1. The smallest absolute Gasteiger partial charge is 0.310 e. The lowest BCUT2D eigenvalue weighted by Gasteiger charge is -2.41. The molecule has 1 aliphatic carbocycles. The van der Waals surface area contributed by atoms with E-state index >= 15 is 0 Å². The number of hydrogen-bond donors (Lipinski definition) is 1. The summed E-state index contributed by atoms with van der Waals surface area (Å²) >= 11 is 6.37. The molecule has 3 aromatic rings. The number of benzene rings is 2. The molecule has 2 heterocycles. The number of carbonyl (C=O) groups is 1. The van der Waals surface area contributed by atoms with E-state index in [2.05, 4.69) is 16.0 Å². The van der Waals surface area contributed by atoms with E-state index in [-0.39, 0.29) is 17.3 Å². The molecule has 0 amide bonds. The number of pyridine rings is 1. The molecule has 2 atom stereocenters. The number of nitrogens with two attached hydrogens (primary N) is 1. The number of carbonyl (C=O) groups excluding carboxylic acids is 1. The zero-order valence-corrected chi connectivity index (χ0v) is 25.2. The zero-order valence-electron chi connectivity index (χ0n) is 23.6. The molecule has 2 aliphatic rings. The van der Waals surface area contributed by atoms with Gasteiger partial charge >= 0.3 is 5.97 Å². The minimum Gasteiger partial charge on any atom is -0.492 e. The number of anilines is 1. The Kier molecular flexibility index (Phi) is 9.55. The van der Waals surface area contributed by atoms with Crippen molar-refractivity contribution >= 4 is 33.3 Å². The summed E-state index contributed by atoms with van der Waals surface area (Å²) in [4.78, 5) is 18.1. The molecule has 1 fully saturated rings. The molecule has 0 bridgehead atoms. The highest BCUT2D eigenvalue weighted by atomic mass is 35.5. The summed E-state index contributed by atoms with van der Waals surface area (Å²) in [5.74, 6) is 1.52. The molecule has 224 valence electrons. The molecule has 1 aromatic heterocycles. The van der Waals surface area contributed by atoms with Crippen LogP contribution in [0.1, 0.15) is 42.4 Å². The maximum absolute atomic E-state index is 12.3. The molecular weight excluding hydrogens is 578 g/mol. The quantitative estimate of drug-likeness (QED) is 0.355. The fraction of sp³-hybridized carbons (Fsp3) is 0.419. The molecule has 0 radical (unpaired) electrons. The van der Waals surface area contributed by atoms with E-state index in [0.717, 1.165) is 43.2 Å². The van der Waals surface area contributed by atoms with Gasteiger partial charge in [-0.05, 0) is 97.0 Å². The molecule has 0 unspecified atom stereocenters. The summed E-state index contributed by atoms with van der Waals surface area (Å²) < 4.78 is 41.7. The number of nitrogens with zero attached hydrogens (tertiary/aromatic N) is 2. The Bertz CT molecular complexity index is 1530. The monoisotopic (exact) mass is 613 g/mol. The molecule has 1 aliphatic heterocycles. The van der Waals surface area contributed by atoms with E-state index in [4.69, 9.17) is 31.0 Å². The van der Waals surface area contributed by atoms with Crippen molar-refractivity contribution in [2.24, 2.45) is 17.0 Å². The van der Waals surface area contributed by atoms with Crippen molar-refractivity contribution in [2.75, 3.05) is 31.8 Å². The van der Waals surface area contributed by atoms with Crippen LogP contribution in [0.4, 0.5) is 5.69 Å². The van der Waals surface area contributed by atoms with E-state index in [1.807, 2.05) is 18.2 Å². The first-order valence-corrected chi connectivity index (χ1v) is 16.1. The SMILES string of the molecule is COC(=O)Cc1cncc(OC[C@@H]2CC[C@H]2CN2Cc3ccc(Cl)cc3CCCCOc3ccc(S(N)(=O)=O)cc32)c1. The molecule has 0 saturated heterocycles. The van der Waals surface area contributed by atoms with Crippen molar-refractivity contribution in [1.29, 1.82) is 0 Å². The van der Waals surface area contributed by atoms with Crippen molar-refractivity contribution < 1.29 is 27.4 Å². The standard InChI is InChI=1S/C31H36ClN3O6S/c1-39-31(36)13-21-12-27(17-34-16-21)41-20-25-6-5-24(25)19-35-18-23-7-8-26(32)14-22(23)4-2-3-11-40-30-10-9-28(15-29(30)35)42(33,37)38/h7-10,12,14-17,24-25H,2-6,11,13,18-20H2,1H3,(H2,33,37,38)/t24-,25-/m0/s1. The first-order chi connectivity index (χ1) is 20.2. The summed E-state index contributed by atoms with van der Waals surface area (Å²) in [6.45, 7) is 2.28. The van der Waals surface area contributed by atoms with Crippen LogP contribution in [0, 0.1) is 11.8 Å². The Labute approximate surface area is 252 Å². The molecule has 11 heteroatoms. The van der Waals surface area contributed by atoms with Crippen molar-refractivity contribution in [3.63, 3.8) is 0 Å². The van der Waals surface area contributed by atoms with Gasteiger partial charge in [0, 0.05) is 24.3 Å². The van der Waals surface area contributed by atoms with Crippen molar-refractivity contribution in [1.82, 2.24) is 4.98 Å². The Morgan fingerprint density at radius 1 is 1.10 bits per heavy atom. The van der Waals surface area contributed by atoms with Gasteiger partial charge in [0.15, 0.2) is 0 Å². The molecule has 2 N–H and O–H groups in total. The van der Waals surface area contributed by atoms with Crippen molar-refractivity contribution in [3.8, 4) is 11.5 Å². The van der Waals surface area contributed by atoms with Gasteiger partial charge in [0.05, 0.1) is 43.5 Å². The predicted octanol–water partition coefficient (Wildman–Crippen LogP) is 4.92. The summed E-state index contributed by atoms with van der Waals surface area (Å²) in [5, 5.41) is 6.23. The molecular formula is C31H36ClN3O6S. The molecule has 0 spiro atoms. The lowest BCUT2D eigenvalue weighted by Crippen LogP contribution is -2.40. The molecule has 42 heavy (non-hydrogen) atoms. The number of esters is 1. The average Bonchev–Trinajstić information content (AvgIpc) is 2.98. The Hall–Kier alpha value is -3.34. The lowest BCUT2D eigenvalue weighted by molar-refractivity contribution is -0.139. The maximum Gasteiger partial charge on any atom is 0.310 e. The van der Waals surface area contributed by atoms with Crippen LogP contribution in [0.15, 0.2) is 59.8 Å². The number of aryl methyl sites for hydroxylation is 1. The minimum atomic E-state index is -3.91. The highest BCUT2D eigenvalue weighted by Crippen LogP contribution is 2.40. The van der Waals surface area contributed by atoms with Crippen molar-refractivity contribution in [2.45, 2.75) is 50.0 Å². The third-order valence-corrected chi connectivity index (χ3v) is 9.21. The highest BCUT2D eigenvalue weighted by molar-refractivity contribution is 7.89. The van der Waals surface area contributed by atoms with Crippen LogP contribution in [0.2, 0.25) is 5.02 Å². The molecule has 5 rings (SSSR count). The zero-order chi connectivity index (χ0) is 29.7. The van der Waals surface area contributed by atoms with Gasteiger partial charge in [-0.25, -0.2) is 13.6 Å². The number of aromatic nitrogens is 1. The second-order valence-electron chi connectivity index (χ2n) is 11.0. The highest BCUT2D eigenvalue weighted by Gasteiger charge is 2.34. The van der Waals surface area contributed by atoms with E-state index in [1.54, 1.807) is 24.5 Å². The summed E-state index contributed by atoms with van der Waals surface area (Å²) in [7, 11) is -2.55. The number of rotatable bonds is 8. The number of primary sulfonamides is 1. The molecule has 1 saturated carbocycles. The third-order valence-electron chi connectivity index (χ3n) is 8.07. The van der Waals surface area contributed by atoms with Gasteiger partial charge in [-0.15, -0.1) is 0 Å². The first-order valence-electron chi connectivity index (χ1n) is 14.1. The number of halogens is 1. The predicted molar refractivity (Wildman–Crippen MR) is 160 cm³/mol. The van der Waals surface area contributed by atoms with Crippen LogP contribution in [0.3, 0.4) is 0 Å². The average molecular weight is 614 g/mol. The molecule has 2 aromatic carbocycles. The van der Waals surface area contributed by atoms with E-state index in [0.29, 0.717) is 60.3 Å². The van der Waals surface area contributed by atoms with E-state index in [1.165, 1.54) is 18.7 Å². The van der Waals surface area contributed by atoms with Crippen LogP contribution in [-0.4, -0.2) is 46.2 Å². The van der Waals surface area contributed by atoms with E-state index < -0.39 is 10.0 Å². The lowest BCUT2D eigenvalue weighted by atomic mass is 9.73. The van der Waals surface area contributed by atoms with Crippen LogP contribution in [0.25, 0.3) is 0 Å². The summed E-state index contributed by atoms with van der Waals surface area (Å²) in [6, 6.07) is 12.6. The fourth-order valence-electron chi connectivity index (χ4n) is 5.54. The maximum atomic E-state index is 12.3. The third kappa shape index (κ3) is 7.53. The minimum absolute atomic E-state index is 0.0499. The van der Waals surface area contributed by atoms with Crippen LogP contribution >= 0.6 is 11.6 Å². The van der Waals surface area contributed by atoms with Crippen molar-refractivity contribution in [3.05, 3.63) is 76.6 Å². The number of ether oxygens (including phenoxy) is 3. The second-order valence-corrected chi connectivity index (χ2v) is 13.0. The Balaban J connectivity index is 1.39. The second kappa shape index (κ2) is 13.3. The summed E-state index contributed by atoms with van der Waals surface area (Å²) in [5.41, 5.74) is 3.77. The Morgan fingerprint density at radius 2 is 1.93 bits per heavy atom. The number of sulfonamides is 1. The van der Waals surface area contributed by atoms with Gasteiger partial charge in [0.25, 0.3) is 0 Å². The Morgan fingerprint density at radius 3 is 2.69 bits per heavy atom. The van der Waals surface area contributed by atoms with Gasteiger partial charge in [-0.1, -0.05) is 17.7 Å². The van der Waals surface area contributed by atoms with Crippen LogP contribution in [0.5, 0.6) is 11.5 Å². The van der Waals surface area contributed by atoms with Gasteiger partial charge in [-0.3, -0.25) is 9.78 Å². The first kappa shape index (κ1) is 30.1. The van der Waals surface area contributed by atoms with Gasteiger partial charge in [0.2, 0.25) is 10.0 Å². The molecule has 9 nitrogen and oxygen atoms in total.